The molecule has 2 rings (SSSR count). The fourth-order valence-electron chi connectivity index (χ4n) is 2.64. The Hall–Kier alpha value is -1.06. The van der Waals surface area contributed by atoms with Crippen molar-refractivity contribution in [1.29, 1.82) is 0 Å². The van der Waals surface area contributed by atoms with Crippen molar-refractivity contribution >= 4 is 5.69 Å². The number of anilines is 1. The third kappa shape index (κ3) is 5.01. The van der Waals surface area contributed by atoms with Gasteiger partial charge in [0.15, 0.2) is 0 Å². The summed E-state index contributed by atoms with van der Waals surface area (Å²) in [5.41, 5.74) is 2.55. The molecule has 1 aliphatic rings. The summed E-state index contributed by atoms with van der Waals surface area (Å²) in [4.78, 5) is 2.48. The van der Waals surface area contributed by atoms with E-state index in [0.717, 1.165) is 6.54 Å². The summed E-state index contributed by atoms with van der Waals surface area (Å²) < 4.78 is 0. The minimum absolute atomic E-state index is 0.0644. The van der Waals surface area contributed by atoms with Gasteiger partial charge in [-0.1, -0.05) is 32.9 Å². The van der Waals surface area contributed by atoms with Gasteiger partial charge in [0.25, 0.3) is 0 Å². The lowest BCUT2D eigenvalue weighted by Gasteiger charge is -2.29. The maximum atomic E-state index is 10.0. The highest BCUT2D eigenvalue weighted by Crippen LogP contribution is 2.20. The first-order valence-electron chi connectivity index (χ1n) is 8.19. The predicted octanol–water partition coefficient (Wildman–Crippen LogP) is 3.17. The Balaban J connectivity index is 1.79. The summed E-state index contributed by atoms with van der Waals surface area (Å²) in [6, 6.07) is 8.84. The SMILES string of the molecule is CC(C)(C)C(O)CNCc1ccc(N2CCCCC2)cc1. The molecule has 1 aromatic carbocycles. The van der Waals surface area contributed by atoms with Crippen LogP contribution in [-0.2, 0) is 6.54 Å². The van der Waals surface area contributed by atoms with Crippen LogP contribution in [0.25, 0.3) is 0 Å². The number of nitrogens with one attached hydrogen (secondary N) is 1. The van der Waals surface area contributed by atoms with Crippen LogP contribution < -0.4 is 10.2 Å². The Kier molecular flexibility index (Phi) is 5.65. The van der Waals surface area contributed by atoms with Crippen molar-refractivity contribution in [3.05, 3.63) is 29.8 Å². The second-order valence-electron chi connectivity index (χ2n) is 7.23. The number of hydrogen-bond acceptors (Lipinski definition) is 3. The van der Waals surface area contributed by atoms with Gasteiger partial charge >= 0.3 is 0 Å². The summed E-state index contributed by atoms with van der Waals surface area (Å²) >= 11 is 0. The molecule has 118 valence electrons. The van der Waals surface area contributed by atoms with Crippen molar-refractivity contribution in [2.45, 2.75) is 52.7 Å². The fourth-order valence-corrected chi connectivity index (χ4v) is 2.64. The molecule has 3 heteroatoms. The van der Waals surface area contributed by atoms with Crippen LogP contribution >= 0.6 is 0 Å². The largest absolute Gasteiger partial charge is 0.391 e. The smallest absolute Gasteiger partial charge is 0.0712 e. The van der Waals surface area contributed by atoms with Crippen LogP contribution in [0, 0.1) is 5.41 Å². The Morgan fingerprint density at radius 1 is 1.10 bits per heavy atom. The maximum absolute atomic E-state index is 10.0. The monoisotopic (exact) mass is 290 g/mol. The molecule has 0 aliphatic carbocycles. The molecule has 1 heterocycles. The van der Waals surface area contributed by atoms with Gasteiger partial charge in [-0.05, 0) is 42.4 Å². The average molecular weight is 290 g/mol. The van der Waals surface area contributed by atoms with E-state index in [0.29, 0.717) is 6.54 Å². The first-order chi connectivity index (χ1) is 9.97. The van der Waals surface area contributed by atoms with E-state index in [1.165, 1.54) is 43.6 Å². The first-order valence-corrected chi connectivity index (χ1v) is 8.19. The second-order valence-corrected chi connectivity index (χ2v) is 7.23. The zero-order valence-electron chi connectivity index (χ0n) is 13.7. The molecule has 0 aromatic heterocycles. The van der Waals surface area contributed by atoms with Crippen LogP contribution in [0.1, 0.15) is 45.6 Å². The van der Waals surface area contributed by atoms with Crippen LogP contribution in [0.5, 0.6) is 0 Å². The van der Waals surface area contributed by atoms with E-state index in [1.54, 1.807) is 0 Å². The fraction of sp³-hybridized carbons (Fsp3) is 0.667. The average Bonchev–Trinajstić information content (AvgIpc) is 2.48. The van der Waals surface area contributed by atoms with Crippen LogP contribution in [0.3, 0.4) is 0 Å². The lowest BCUT2D eigenvalue weighted by Crippen LogP contribution is -2.36. The number of piperidine rings is 1. The Labute approximate surface area is 129 Å². The highest BCUT2D eigenvalue weighted by molar-refractivity contribution is 5.47. The summed E-state index contributed by atoms with van der Waals surface area (Å²) in [6.45, 7) is 10.0. The molecule has 0 saturated carbocycles. The summed E-state index contributed by atoms with van der Waals surface area (Å²) in [5, 5.41) is 13.4. The van der Waals surface area contributed by atoms with Gasteiger partial charge in [0.05, 0.1) is 6.10 Å². The highest BCUT2D eigenvalue weighted by Gasteiger charge is 2.21. The van der Waals surface area contributed by atoms with Gasteiger partial charge in [-0.2, -0.15) is 0 Å². The van der Waals surface area contributed by atoms with E-state index in [2.05, 4.69) is 55.3 Å². The molecule has 1 saturated heterocycles. The van der Waals surface area contributed by atoms with Crippen molar-refractivity contribution in [1.82, 2.24) is 5.32 Å². The van der Waals surface area contributed by atoms with Crippen LogP contribution in [0.2, 0.25) is 0 Å². The second kappa shape index (κ2) is 7.28. The molecule has 21 heavy (non-hydrogen) atoms. The number of rotatable bonds is 5. The van der Waals surface area contributed by atoms with E-state index in [9.17, 15) is 5.11 Å². The third-order valence-corrected chi connectivity index (χ3v) is 4.32. The van der Waals surface area contributed by atoms with Gasteiger partial charge < -0.3 is 15.3 Å². The molecular formula is C18H30N2O. The molecule has 1 fully saturated rings. The highest BCUT2D eigenvalue weighted by atomic mass is 16.3. The van der Waals surface area contributed by atoms with Crippen molar-refractivity contribution in [2.75, 3.05) is 24.5 Å². The first kappa shape index (κ1) is 16.3. The summed E-state index contributed by atoms with van der Waals surface area (Å²) in [7, 11) is 0. The number of aliphatic hydroxyl groups is 1. The van der Waals surface area contributed by atoms with Crippen LogP contribution in [-0.4, -0.2) is 30.8 Å². The van der Waals surface area contributed by atoms with Gasteiger partial charge in [-0.3, -0.25) is 0 Å². The van der Waals surface area contributed by atoms with Crippen molar-refractivity contribution in [3.8, 4) is 0 Å². The lowest BCUT2D eigenvalue weighted by molar-refractivity contribution is 0.0628. The number of nitrogens with zero attached hydrogens (tertiary/aromatic N) is 1. The Bertz CT molecular complexity index is 416. The quantitative estimate of drug-likeness (QED) is 0.874. The van der Waals surface area contributed by atoms with Crippen LogP contribution in [0.4, 0.5) is 5.69 Å². The standard InChI is InChI=1S/C18H30N2O/c1-18(2,3)17(21)14-19-13-15-7-9-16(10-8-15)20-11-5-4-6-12-20/h7-10,17,19,21H,4-6,11-14H2,1-3H3. The molecule has 1 aromatic rings. The topological polar surface area (TPSA) is 35.5 Å². The third-order valence-electron chi connectivity index (χ3n) is 4.32. The molecular weight excluding hydrogens is 260 g/mol. The molecule has 0 radical (unpaired) electrons. The van der Waals surface area contributed by atoms with Crippen molar-refractivity contribution in [2.24, 2.45) is 5.41 Å². The van der Waals surface area contributed by atoms with Crippen LogP contribution in [0.15, 0.2) is 24.3 Å². The van der Waals surface area contributed by atoms with E-state index < -0.39 is 0 Å². The summed E-state index contributed by atoms with van der Waals surface area (Å²) in [6.07, 6.45) is 3.68. The Morgan fingerprint density at radius 2 is 1.71 bits per heavy atom. The molecule has 2 N–H and O–H groups in total. The van der Waals surface area contributed by atoms with E-state index in [1.807, 2.05) is 0 Å². The zero-order valence-corrected chi connectivity index (χ0v) is 13.7. The molecule has 0 bridgehead atoms. The Morgan fingerprint density at radius 3 is 2.29 bits per heavy atom. The van der Waals surface area contributed by atoms with Gasteiger partial charge in [0.2, 0.25) is 0 Å². The van der Waals surface area contributed by atoms with Crippen molar-refractivity contribution < 1.29 is 5.11 Å². The van der Waals surface area contributed by atoms with Gasteiger partial charge in [-0.15, -0.1) is 0 Å². The number of benzene rings is 1. The number of hydrogen-bond donors (Lipinski definition) is 2. The molecule has 0 spiro atoms. The minimum Gasteiger partial charge on any atom is -0.391 e. The molecule has 0 amide bonds. The van der Waals surface area contributed by atoms with Gasteiger partial charge in [0, 0.05) is 31.9 Å². The predicted molar refractivity (Wildman–Crippen MR) is 89.7 cm³/mol. The van der Waals surface area contributed by atoms with Crippen molar-refractivity contribution in [3.63, 3.8) is 0 Å². The lowest BCUT2D eigenvalue weighted by atomic mass is 9.89. The molecule has 1 atom stereocenters. The molecule has 1 aliphatic heterocycles. The van der Waals surface area contributed by atoms with Gasteiger partial charge in [0.1, 0.15) is 0 Å². The zero-order chi connectivity index (χ0) is 15.3. The van der Waals surface area contributed by atoms with Gasteiger partial charge in [-0.25, -0.2) is 0 Å². The maximum Gasteiger partial charge on any atom is 0.0712 e. The van der Waals surface area contributed by atoms with E-state index in [-0.39, 0.29) is 11.5 Å². The molecule has 1 unspecified atom stereocenters. The molecule has 3 nitrogen and oxygen atoms in total. The summed E-state index contributed by atoms with van der Waals surface area (Å²) in [5.74, 6) is 0. The minimum atomic E-state index is -0.315. The van der Waals surface area contributed by atoms with E-state index >= 15 is 0 Å². The van der Waals surface area contributed by atoms with E-state index in [4.69, 9.17) is 0 Å². The normalized spacial score (nSPS) is 17.8. The number of aliphatic hydroxyl groups excluding tert-OH is 1.